The highest BCUT2D eigenvalue weighted by atomic mass is 16.5. The molecule has 1 aliphatic heterocycles. The van der Waals surface area contributed by atoms with Gasteiger partial charge in [0.05, 0.1) is 18.7 Å². The summed E-state index contributed by atoms with van der Waals surface area (Å²) in [7, 11) is 0. The number of rotatable bonds is 7. The molecule has 0 spiro atoms. The number of pyridine rings is 1. The first-order chi connectivity index (χ1) is 17.0. The van der Waals surface area contributed by atoms with E-state index in [0.717, 1.165) is 52.8 Å². The lowest BCUT2D eigenvalue weighted by molar-refractivity contribution is 0.122. The maximum Gasteiger partial charge on any atom is 0.227 e. The van der Waals surface area contributed by atoms with Crippen molar-refractivity contribution < 1.29 is 4.74 Å². The Balaban J connectivity index is 1.30. The summed E-state index contributed by atoms with van der Waals surface area (Å²) in [5.41, 5.74) is 6.51. The normalized spacial score (nSPS) is 13.9. The van der Waals surface area contributed by atoms with Gasteiger partial charge < -0.3 is 20.3 Å². The molecule has 7 heteroatoms. The fraction of sp³-hybridized carbons (Fsp3) is 0.321. The lowest BCUT2D eigenvalue weighted by Crippen LogP contribution is -2.37. The minimum absolute atomic E-state index is 0.477. The molecule has 0 saturated carbocycles. The summed E-state index contributed by atoms with van der Waals surface area (Å²) in [6.45, 7) is 10.1. The highest BCUT2D eigenvalue weighted by molar-refractivity contribution is 5.93. The van der Waals surface area contributed by atoms with Gasteiger partial charge in [-0.25, -0.2) is 4.98 Å². The van der Waals surface area contributed by atoms with E-state index in [0.29, 0.717) is 25.7 Å². The zero-order valence-electron chi connectivity index (χ0n) is 20.6. The van der Waals surface area contributed by atoms with E-state index < -0.39 is 0 Å². The Morgan fingerprint density at radius 3 is 2.69 bits per heavy atom. The Labute approximate surface area is 206 Å². The van der Waals surface area contributed by atoms with Gasteiger partial charge in [-0.1, -0.05) is 38.1 Å². The van der Waals surface area contributed by atoms with E-state index in [1.807, 2.05) is 25.3 Å². The lowest BCUT2D eigenvalue weighted by Gasteiger charge is -2.27. The molecule has 0 bridgehead atoms. The molecule has 0 amide bonds. The van der Waals surface area contributed by atoms with Crippen molar-refractivity contribution in [3.05, 3.63) is 77.6 Å². The van der Waals surface area contributed by atoms with Crippen molar-refractivity contribution >= 4 is 34.0 Å². The van der Waals surface area contributed by atoms with Crippen LogP contribution in [0.5, 0.6) is 0 Å². The molecule has 3 heterocycles. The second-order valence-corrected chi connectivity index (χ2v) is 9.26. The van der Waals surface area contributed by atoms with Crippen molar-refractivity contribution in [2.75, 3.05) is 41.8 Å². The highest BCUT2D eigenvalue weighted by Crippen LogP contribution is 2.28. The summed E-state index contributed by atoms with van der Waals surface area (Å²) in [5.74, 6) is 2.07. The van der Waals surface area contributed by atoms with Crippen LogP contribution in [0, 0.1) is 6.92 Å². The van der Waals surface area contributed by atoms with Crippen LogP contribution < -0.4 is 15.5 Å². The van der Waals surface area contributed by atoms with E-state index in [2.05, 4.69) is 81.8 Å². The number of nitrogens with one attached hydrogen (secondary N) is 2. The summed E-state index contributed by atoms with van der Waals surface area (Å²) in [4.78, 5) is 16.1. The fourth-order valence-corrected chi connectivity index (χ4v) is 4.29. The summed E-state index contributed by atoms with van der Waals surface area (Å²) in [6, 6.07) is 19.0. The van der Waals surface area contributed by atoms with Gasteiger partial charge in [0.25, 0.3) is 0 Å². The third-order valence-corrected chi connectivity index (χ3v) is 6.25. The SMILES string of the molecule is Cc1cc(NCc2cccc(Nc3ccnc4cc(C(C)C)ccc34)c2)nc(N2CCOCC2)n1. The first kappa shape index (κ1) is 23.1. The number of ether oxygens (including phenoxy) is 1. The Morgan fingerprint density at radius 1 is 1.00 bits per heavy atom. The second-order valence-electron chi connectivity index (χ2n) is 9.26. The van der Waals surface area contributed by atoms with E-state index in [4.69, 9.17) is 9.72 Å². The zero-order chi connectivity index (χ0) is 24.2. The highest BCUT2D eigenvalue weighted by Gasteiger charge is 2.15. The Kier molecular flexibility index (Phi) is 6.77. The molecule has 1 aliphatic rings. The average molecular weight is 469 g/mol. The molecule has 0 unspecified atom stereocenters. The number of aromatic nitrogens is 3. The lowest BCUT2D eigenvalue weighted by atomic mass is 10.0. The number of hydrogen-bond acceptors (Lipinski definition) is 7. The summed E-state index contributed by atoms with van der Waals surface area (Å²) < 4.78 is 5.46. The van der Waals surface area contributed by atoms with Crippen molar-refractivity contribution in [3.63, 3.8) is 0 Å². The predicted octanol–water partition coefficient (Wildman–Crippen LogP) is 5.65. The average Bonchev–Trinajstić information content (AvgIpc) is 2.88. The molecular weight excluding hydrogens is 436 g/mol. The quantitative estimate of drug-likeness (QED) is 0.363. The van der Waals surface area contributed by atoms with Gasteiger partial charge in [0.2, 0.25) is 5.95 Å². The van der Waals surface area contributed by atoms with Crippen LogP contribution in [0.4, 0.5) is 23.1 Å². The standard InChI is InChI=1S/C28H32N6O/c1-19(2)22-7-8-24-25(9-10-29-26(24)17-22)32-23-6-4-5-21(16-23)18-30-27-15-20(3)31-28(33-27)34-11-13-35-14-12-34/h4-10,15-17,19H,11-14,18H2,1-3H3,(H,29,32)(H,30,31,33). The van der Waals surface area contributed by atoms with Crippen molar-refractivity contribution in [2.45, 2.75) is 33.2 Å². The summed E-state index contributed by atoms with van der Waals surface area (Å²) >= 11 is 0. The number of hydrogen-bond donors (Lipinski definition) is 2. The third-order valence-electron chi connectivity index (χ3n) is 6.25. The van der Waals surface area contributed by atoms with Crippen LogP contribution in [0.3, 0.4) is 0 Å². The van der Waals surface area contributed by atoms with Crippen molar-refractivity contribution in [3.8, 4) is 0 Å². The molecule has 35 heavy (non-hydrogen) atoms. The Hall–Kier alpha value is -3.71. The molecule has 5 rings (SSSR count). The van der Waals surface area contributed by atoms with E-state index in [1.54, 1.807) is 0 Å². The van der Waals surface area contributed by atoms with Gasteiger partial charge in [-0.3, -0.25) is 4.98 Å². The van der Waals surface area contributed by atoms with Crippen molar-refractivity contribution in [1.82, 2.24) is 15.0 Å². The third kappa shape index (κ3) is 5.52. The number of fused-ring (bicyclic) bond motifs is 1. The second kappa shape index (κ2) is 10.3. The minimum Gasteiger partial charge on any atom is -0.378 e. The van der Waals surface area contributed by atoms with Gasteiger partial charge >= 0.3 is 0 Å². The predicted molar refractivity (Wildman–Crippen MR) is 143 cm³/mol. The van der Waals surface area contributed by atoms with Crippen LogP contribution in [0.25, 0.3) is 10.9 Å². The van der Waals surface area contributed by atoms with E-state index in [1.165, 1.54) is 11.1 Å². The maximum atomic E-state index is 5.46. The van der Waals surface area contributed by atoms with Gasteiger partial charge in [-0.2, -0.15) is 4.98 Å². The van der Waals surface area contributed by atoms with Crippen molar-refractivity contribution in [1.29, 1.82) is 0 Å². The van der Waals surface area contributed by atoms with Gasteiger partial charge in [0, 0.05) is 54.4 Å². The minimum atomic E-state index is 0.477. The molecule has 2 N–H and O–H groups in total. The molecule has 1 fully saturated rings. The van der Waals surface area contributed by atoms with Crippen LogP contribution in [-0.2, 0) is 11.3 Å². The van der Waals surface area contributed by atoms with Crippen LogP contribution in [0.15, 0.2) is 60.8 Å². The summed E-state index contributed by atoms with van der Waals surface area (Å²) in [5, 5.41) is 8.17. The molecule has 0 aliphatic carbocycles. The molecule has 7 nitrogen and oxygen atoms in total. The van der Waals surface area contributed by atoms with Crippen LogP contribution in [0.2, 0.25) is 0 Å². The topological polar surface area (TPSA) is 75.2 Å². The largest absolute Gasteiger partial charge is 0.378 e. The number of aryl methyl sites for hydroxylation is 1. The number of anilines is 4. The zero-order valence-corrected chi connectivity index (χ0v) is 20.6. The van der Waals surface area contributed by atoms with Gasteiger partial charge in [0.1, 0.15) is 5.82 Å². The molecule has 4 aromatic rings. The van der Waals surface area contributed by atoms with Gasteiger partial charge in [-0.05, 0) is 48.2 Å². The Morgan fingerprint density at radius 2 is 1.86 bits per heavy atom. The van der Waals surface area contributed by atoms with Gasteiger partial charge in [0.15, 0.2) is 0 Å². The first-order valence-corrected chi connectivity index (χ1v) is 12.2. The molecule has 2 aromatic heterocycles. The number of morpholine rings is 1. The van der Waals surface area contributed by atoms with E-state index in [9.17, 15) is 0 Å². The molecular formula is C28H32N6O. The molecule has 0 atom stereocenters. The molecule has 2 aromatic carbocycles. The molecule has 1 saturated heterocycles. The monoisotopic (exact) mass is 468 g/mol. The first-order valence-electron chi connectivity index (χ1n) is 12.2. The van der Waals surface area contributed by atoms with Crippen LogP contribution in [0.1, 0.15) is 36.6 Å². The van der Waals surface area contributed by atoms with Crippen LogP contribution in [-0.4, -0.2) is 41.3 Å². The molecule has 180 valence electrons. The fourth-order valence-electron chi connectivity index (χ4n) is 4.29. The number of nitrogens with zero attached hydrogens (tertiary/aromatic N) is 4. The smallest absolute Gasteiger partial charge is 0.227 e. The van der Waals surface area contributed by atoms with Gasteiger partial charge in [-0.15, -0.1) is 0 Å². The maximum absolute atomic E-state index is 5.46. The summed E-state index contributed by atoms with van der Waals surface area (Å²) in [6.07, 6.45) is 1.86. The van der Waals surface area contributed by atoms with Crippen molar-refractivity contribution in [2.24, 2.45) is 0 Å². The molecule has 0 radical (unpaired) electrons. The van der Waals surface area contributed by atoms with Crippen LogP contribution >= 0.6 is 0 Å². The van der Waals surface area contributed by atoms with E-state index in [-0.39, 0.29) is 0 Å². The Bertz CT molecular complexity index is 1320. The van der Waals surface area contributed by atoms with E-state index >= 15 is 0 Å². The number of benzene rings is 2.